The van der Waals surface area contributed by atoms with Crippen LogP contribution in [0.1, 0.15) is 48.0 Å². The van der Waals surface area contributed by atoms with E-state index in [4.69, 9.17) is 4.74 Å². The molecule has 0 radical (unpaired) electrons. The fourth-order valence-electron chi connectivity index (χ4n) is 3.09. The lowest BCUT2D eigenvalue weighted by Crippen LogP contribution is -2.06. The third kappa shape index (κ3) is 3.97. The summed E-state index contributed by atoms with van der Waals surface area (Å²) in [4.78, 5) is 12.4. The molecule has 0 unspecified atom stereocenters. The van der Waals surface area contributed by atoms with Crippen LogP contribution in [0, 0.1) is 5.92 Å². The maximum Gasteiger partial charge on any atom is 0.163 e. The number of Topliss-reactive ketones (excluding diaryl/α,β-unsaturated/α-hetero) is 1. The third-order valence-electron chi connectivity index (χ3n) is 4.35. The van der Waals surface area contributed by atoms with Crippen LogP contribution in [-0.2, 0) is 6.61 Å². The summed E-state index contributed by atoms with van der Waals surface area (Å²) >= 11 is 0. The van der Waals surface area contributed by atoms with Gasteiger partial charge in [-0.2, -0.15) is 0 Å². The summed E-state index contributed by atoms with van der Waals surface area (Å²) in [6, 6.07) is 17.7. The van der Waals surface area contributed by atoms with E-state index in [1.807, 2.05) is 54.6 Å². The molecule has 0 N–H and O–H groups in total. The van der Waals surface area contributed by atoms with Crippen molar-refractivity contribution in [3.8, 4) is 5.75 Å². The van der Waals surface area contributed by atoms with Gasteiger partial charge in [-0.3, -0.25) is 4.79 Å². The smallest absolute Gasteiger partial charge is 0.163 e. The molecular formula is C20H22O2. The van der Waals surface area contributed by atoms with Crippen molar-refractivity contribution in [3.63, 3.8) is 0 Å². The van der Waals surface area contributed by atoms with E-state index in [9.17, 15) is 4.79 Å². The van der Waals surface area contributed by atoms with Crippen molar-refractivity contribution in [2.75, 3.05) is 0 Å². The predicted molar refractivity (Wildman–Crippen MR) is 88.1 cm³/mol. The fourth-order valence-corrected chi connectivity index (χ4v) is 3.09. The van der Waals surface area contributed by atoms with Crippen LogP contribution in [0.5, 0.6) is 5.75 Å². The molecule has 1 aliphatic rings. The number of rotatable bonds is 6. The van der Waals surface area contributed by atoms with Gasteiger partial charge in [0.2, 0.25) is 0 Å². The first-order valence-electron chi connectivity index (χ1n) is 8.11. The van der Waals surface area contributed by atoms with Crippen molar-refractivity contribution < 1.29 is 9.53 Å². The summed E-state index contributed by atoms with van der Waals surface area (Å²) in [6.45, 7) is 0.529. The average molecular weight is 294 g/mol. The topological polar surface area (TPSA) is 26.3 Å². The maximum atomic E-state index is 12.4. The second-order valence-corrected chi connectivity index (χ2v) is 6.08. The molecule has 3 rings (SSSR count). The minimum Gasteiger partial charge on any atom is -0.489 e. The lowest BCUT2D eigenvalue weighted by atomic mass is 9.97. The van der Waals surface area contributed by atoms with Gasteiger partial charge in [-0.15, -0.1) is 0 Å². The molecule has 0 amide bonds. The van der Waals surface area contributed by atoms with Gasteiger partial charge >= 0.3 is 0 Å². The Hall–Kier alpha value is -2.09. The van der Waals surface area contributed by atoms with Crippen LogP contribution in [0.15, 0.2) is 54.6 Å². The highest BCUT2D eigenvalue weighted by molar-refractivity contribution is 5.96. The number of ether oxygens (including phenoxy) is 1. The number of carbonyl (C=O) groups excluding carboxylic acids is 1. The van der Waals surface area contributed by atoms with Crippen molar-refractivity contribution in [2.24, 2.45) is 5.92 Å². The first kappa shape index (κ1) is 14.8. The van der Waals surface area contributed by atoms with Gasteiger partial charge in [0.25, 0.3) is 0 Å². The van der Waals surface area contributed by atoms with E-state index in [0.717, 1.165) is 16.9 Å². The summed E-state index contributed by atoms with van der Waals surface area (Å²) in [6.07, 6.45) is 5.64. The molecule has 22 heavy (non-hydrogen) atoms. The largest absolute Gasteiger partial charge is 0.489 e. The molecule has 0 atom stereocenters. The molecule has 114 valence electrons. The third-order valence-corrected chi connectivity index (χ3v) is 4.35. The molecule has 0 spiro atoms. The average Bonchev–Trinajstić information content (AvgIpc) is 3.07. The van der Waals surface area contributed by atoms with Crippen LogP contribution in [0.25, 0.3) is 0 Å². The lowest BCUT2D eigenvalue weighted by molar-refractivity contribution is 0.0961. The number of hydrogen-bond acceptors (Lipinski definition) is 2. The molecule has 2 aromatic rings. The monoisotopic (exact) mass is 294 g/mol. The highest BCUT2D eigenvalue weighted by Gasteiger charge is 2.19. The number of hydrogen-bond donors (Lipinski definition) is 0. The van der Waals surface area contributed by atoms with Gasteiger partial charge in [0.15, 0.2) is 5.78 Å². The molecule has 2 heteroatoms. The SMILES string of the molecule is O=C(CC1CCCC1)c1cccc(OCc2ccccc2)c1. The van der Waals surface area contributed by atoms with E-state index in [2.05, 4.69) is 0 Å². The molecule has 0 heterocycles. The quantitative estimate of drug-likeness (QED) is 0.698. The van der Waals surface area contributed by atoms with Crippen LogP contribution in [0.3, 0.4) is 0 Å². The Bertz CT molecular complexity index is 613. The van der Waals surface area contributed by atoms with Crippen molar-refractivity contribution in [1.29, 1.82) is 0 Å². The normalized spacial score (nSPS) is 14.9. The molecule has 1 aliphatic carbocycles. The standard InChI is InChI=1S/C20H22O2/c21-20(13-16-7-4-5-8-16)18-11-6-12-19(14-18)22-15-17-9-2-1-3-10-17/h1-3,6,9-12,14,16H,4-5,7-8,13,15H2. The van der Waals surface area contributed by atoms with Crippen molar-refractivity contribution in [1.82, 2.24) is 0 Å². The predicted octanol–water partition coefficient (Wildman–Crippen LogP) is 5.03. The number of ketones is 1. The van der Waals surface area contributed by atoms with Gasteiger partial charge in [-0.25, -0.2) is 0 Å². The minimum atomic E-state index is 0.247. The van der Waals surface area contributed by atoms with Crippen LogP contribution >= 0.6 is 0 Å². The summed E-state index contributed by atoms with van der Waals surface area (Å²) in [5, 5.41) is 0. The zero-order valence-electron chi connectivity index (χ0n) is 12.8. The lowest BCUT2D eigenvalue weighted by Gasteiger charge is -2.10. The van der Waals surface area contributed by atoms with Crippen molar-refractivity contribution in [2.45, 2.75) is 38.7 Å². The van der Waals surface area contributed by atoms with Gasteiger partial charge in [0, 0.05) is 12.0 Å². The molecule has 0 aromatic heterocycles. The van der Waals surface area contributed by atoms with Gasteiger partial charge < -0.3 is 4.74 Å². The summed E-state index contributed by atoms with van der Waals surface area (Å²) in [5.74, 6) is 1.60. The van der Waals surface area contributed by atoms with Crippen LogP contribution in [0.4, 0.5) is 0 Å². The molecule has 0 aliphatic heterocycles. The van der Waals surface area contributed by atoms with Gasteiger partial charge in [0.05, 0.1) is 0 Å². The van der Waals surface area contributed by atoms with Crippen LogP contribution < -0.4 is 4.74 Å². The Kier molecular flexibility index (Phi) is 4.89. The number of benzene rings is 2. The second kappa shape index (κ2) is 7.26. The Morgan fingerprint density at radius 2 is 1.77 bits per heavy atom. The molecule has 2 nitrogen and oxygen atoms in total. The first-order valence-corrected chi connectivity index (χ1v) is 8.11. The molecule has 0 bridgehead atoms. The molecule has 0 saturated heterocycles. The Morgan fingerprint density at radius 3 is 2.55 bits per heavy atom. The van der Waals surface area contributed by atoms with Gasteiger partial charge in [-0.1, -0.05) is 68.1 Å². The summed E-state index contributed by atoms with van der Waals surface area (Å²) in [5.41, 5.74) is 1.91. The minimum absolute atomic E-state index is 0.247. The van der Waals surface area contributed by atoms with Crippen LogP contribution in [-0.4, -0.2) is 5.78 Å². The molecule has 1 fully saturated rings. The highest BCUT2D eigenvalue weighted by Crippen LogP contribution is 2.29. The fraction of sp³-hybridized carbons (Fsp3) is 0.350. The highest BCUT2D eigenvalue weighted by atomic mass is 16.5. The van der Waals surface area contributed by atoms with Crippen molar-refractivity contribution >= 4 is 5.78 Å². The molecule has 1 saturated carbocycles. The molecule has 2 aromatic carbocycles. The Morgan fingerprint density at radius 1 is 1.00 bits per heavy atom. The summed E-state index contributed by atoms with van der Waals surface area (Å²) < 4.78 is 5.80. The Labute approximate surface area is 132 Å². The van der Waals surface area contributed by atoms with E-state index in [0.29, 0.717) is 18.9 Å². The van der Waals surface area contributed by atoms with Gasteiger partial charge in [0.1, 0.15) is 12.4 Å². The van der Waals surface area contributed by atoms with E-state index < -0.39 is 0 Å². The number of carbonyl (C=O) groups is 1. The second-order valence-electron chi connectivity index (χ2n) is 6.08. The van der Waals surface area contributed by atoms with E-state index in [-0.39, 0.29) is 5.78 Å². The molecular weight excluding hydrogens is 272 g/mol. The van der Waals surface area contributed by atoms with Gasteiger partial charge in [-0.05, 0) is 23.6 Å². The van der Waals surface area contributed by atoms with Crippen LogP contribution in [0.2, 0.25) is 0 Å². The van der Waals surface area contributed by atoms with E-state index >= 15 is 0 Å². The van der Waals surface area contributed by atoms with E-state index in [1.54, 1.807) is 0 Å². The Balaban J connectivity index is 1.60. The van der Waals surface area contributed by atoms with Crippen molar-refractivity contribution in [3.05, 3.63) is 65.7 Å². The first-order chi connectivity index (χ1) is 10.8. The zero-order valence-corrected chi connectivity index (χ0v) is 12.8. The zero-order chi connectivity index (χ0) is 15.2. The summed E-state index contributed by atoms with van der Waals surface area (Å²) in [7, 11) is 0. The van der Waals surface area contributed by atoms with E-state index in [1.165, 1.54) is 25.7 Å². The maximum absolute atomic E-state index is 12.4.